The molecule has 0 fully saturated rings. The van der Waals surface area contributed by atoms with Gasteiger partial charge in [0.05, 0.1) is 29.8 Å². The number of carbonyl (C=O) groups is 1. The zero-order valence-corrected chi connectivity index (χ0v) is 13.5. The van der Waals surface area contributed by atoms with E-state index >= 15 is 0 Å². The van der Waals surface area contributed by atoms with Crippen molar-refractivity contribution in [1.82, 2.24) is 14.5 Å². The van der Waals surface area contributed by atoms with Crippen LogP contribution in [0, 0.1) is 6.92 Å². The minimum absolute atomic E-state index is 0.265. The quantitative estimate of drug-likeness (QED) is 0.689. The average Bonchev–Trinajstić information content (AvgIpc) is 2.58. The third kappa shape index (κ3) is 3.03. The van der Waals surface area contributed by atoms with E-state index < -0.39 is 11.5 Å². The van der Waals surface area contributed by atoms with Gasteiger partial charge in [-0.15, -0.1) is 0 Å². The number of aromatic nitrogens is 3. The van der Waals surface area contributed by atoms with E-state index in [1.54, 1.807) is 18.4 Å². The van der Waals surface area contributed by atoms with Gasteiger partial charge < -0.3 is 9.30 Å². The van der Waals surface area contributed by atoms with Gasteiger partial charge in [-0.3, -0.25) is 4.79 Å². The third-order valence-corrected chi connectivity index (χ3v) is 3.70. The molecule has 0 aliphatic heterocycles. The number of benzene rings is 1. The maximum absolute atomic E-state index is 12.1. The maximum atomic E-state index is 12.1. The summed E-state index contributed by atoms with van der Waals surface area (Å²) < 4.78 is 6.81. The maximum Gasteiger partial charge on any atom is 0.339 e. The summed E-state index contributed by atoms with van der Waals surface area (Å²) in [7, 11) is 0. The van der Waals surface area contributed by atoms with Crippen molar-refractivity contribution in [3.8, 4) is 0 Å². The summed E-state index contributed by atoms with van der Waals surface area (Å²) in [6.07, 6.45) is 1.48. The minimum atomic E-state index is -0.484. The fourth-order valence-electron chi connectivity index (χ4n) is 2.53. The van der Waals surface area contributed by atoms with Gasteiger partial charge in [-0.25, -0.2) is 9.78 Å². The second-order valence-corrected chi connectivity index (χ2v) is 5.38. The summed E-state index contributed by atoms with van der Waals surface area (Å²) in [5, 5.41) is 0.307. The van der Waals surface area contributed by atoms with Gasteiger partial charge in [0.1, 0.15) is 12.0 Å². The molecule has 2 aromatic heterocycles. The normalized spacial score (nSPS) is 10.8. The van der Waals surface area contributed by atoms with E-state index in [0.717, 1.165) is 5.56 Å². The smallest absolute Gasteiger partial charge is 0.339 e. The number of ether oxygens (including phenoxy) is 1. The Hall–Kier alpha value is -3.02. The zero-order chi connectivity index (χ0) is 17.1. The highest BCUT2D eigenvalue weighted by molar-refractivity contribution is 5.94. The highest BCUT2D eigenvalue weighted by Crippen LogP contribution is 2.15. The van der Waals surface area contributed by atoms with E-state index in [9.17, 15) is 9.59 Å². The van der Waals surface area contributed by atoms with Crippen molar-refractivity contribution in [2.75, 3.05) is 6.61 Å². The van der Waals surface area contributed by atoms with Crippen LogP contribution in [0.3, 0.4) is 0 Å². The second kappa shape index (κ2) is 6.62. The van der Waals surface area contributed by atoms with E-state index in [1.165, 1.54) is 12.4 Å². The molecule has 6 nitrogen and oxygen atoms in total. The lowest BCUT2D eigenvalue weighted by atomic mass is 10.1. The number of carbonyl (C=O) groups excluding carboxylic acids is 1. The van der Waals surface area contributed by atoms with Gasteiger partial charge in [0.2, 0.25) is 0 Å². The highest BCUT2D eigenvalue weighted by Gasteiger charge is 2.16. The van der Waals surface area contributed by atoms with Crippen molar-refractivity contribution in [2.45, 2.75) is 20.4 Å². The molecule has 0 saturated carbocycles. The molecule has 24 heavy (non-hydrogen) atoms. The lowest BCUT2D eigenvalue weighted by Crippen LogP contribution is -2.17. The predicted molar refractivity (Wildman–Crippen MR) is 90.0 cm³/mol. The van der Waals surface area contributed by atoms with Gasteiger partial charge >= 0.3 is 5.97 Å². The molecule has 0 spiro atoms. The molecule has 0 atom stereocenters. The molecule has 2 heterocycles. The van der Waals surface area contributed by atoms with Crippen LogP contribution >= 0.6 is 0 Å². The van der Waals surface area contributed by atoms with Crippen molar-refractivity contribution < 1.29 is 9.53 Å². The molecule has 0 N–H and O–H groups in total. The van der Waals surface area contributed by atoms with E-state index in [4.69, 9.17) is 4.74 Å². The third-order valence-electron chi connectivity index (χ3n) is 3.70. The summed E-state index contributed by atoms with van der Waals surface area (Å²) >= 11 is 0. The van der Waals surface area contributed by atoms with Gasteiger partial charge in [-0.1, -0.05) is 30.3 Å². The summed E-state index contributed by atoms with van der Waals surface area (Å²) in [6, 6.07) is 11.3. The number of hydrogen-bond acceptors (Lipinski definition) is 5. The van der Waals surface area contributed by atoms with Gasteiger partial charge in [-0.2, -0.15) is 4.98 Å². The van der Waals surface area contributed by atoms with Crippen molar-refractivity contribution in [2.24, 2.45) is 0 Å². The first kappa shape index (κ1) is 15.9. The Kier molecular flexibility index (Phi) is 4.37. The molecule has 0 aliphatic rings. The first-order valence-corrected chi connectivity index (χ1v) is 7.68. The number of nitrogens with zero attached hydrogens (tertiary/aromatic N) is 3. The standard InChI is InChI=1S/C18H17N3O3/c1-3-24-18(23)14-9-15-16(20-12(14)2)21(11-19-17(15)22)10-13-7-5-4-6-8-13/h4-9,11H,3,10H2,1-2H3. The Morgan fingerprint density at radius 2 is 2.00 bits per heavy atom. The molecule has 0 radical (unpaired) electrons. The fraction of sp³-hybridized carbons (Fsp3) is 0.222. The van der Waals surface area contributed by atoms with Crippen molar-refractivity contribution in [3.05, 3.63) is 69.9 Å². The van der Waals surface area contributed by atoms with E-state index in [-0.39, 0.29) is 6.61 Å². The van der Waals surface area contributed by atoms with Gasteiger partial charge in [0, 0.05) is 0 Å². The van der Waals surface area contributed by atoms with Crippen LogP contribution in [0.2, 0.25) is 0 Å². The largest absolute Gasteiger partial charge is 0.462 e. The van der Waals surface area contributed by atoms with E-state index in [1.807, 2.05) is 30.3 Å². The van der Waals surface area contributed by atoms with Crippen molar-refractivity contribution in [1.29, 1.82) is 0 Å². The van der Waals surface area contributed by atoms with E-state index in [0.29, 0.717) is 28.8 Å². The molecule has 0 bridgehead atoms. The lowest BCUT2D eigenvalue weighted by molar-refractivity contribution is 0.0525. The lowest BCUT2D eigenvalue weighted by Gasteiger charge is -2.12. The van der Waals surface area contributed by atoms with Crippen LogP contribution in [0.25, 0.3) is 11.0 Å². The molecule has 3 aromatic rings. The molecule has 0 unspecified atom stereocenters. The number of rotatable bonds is 4. The molecule has 3 rings (SSSR count). The average molecular weight is 323 g/mol. The minimum Gasteiger partial charge on any atom is -0.462 e. The zero-order valence-electron chi connectivity index (χ0n) is 13.5. The number of esters is 1. The van der Waals surface area contributed by atoms with Crippen molar-refractivity contribution >= 4 is 17.0 Å². The Morgan fingerprint density at radius 3 is 2.71 bits per heavy atom. The first-order valence-electron chi connectivity index (χ1n) is 7.68. The molecule has 6 heteroatoms. The van der Waals surface area contributed by atoms with E-state index in [2.05, 4.69) is 9.97 Å². The molecule has 0 aliphatic carbocycles. The molecule has 0 saturated heterocycles. The van der Waals surface area contributed by atoms with Gasteiger partial charge in [-0.05, 0) is 25.5 Å². The summed E-state index contributed by atoms with van der Waals surface area (Å²) in [6.45, 7) is 4.26. The predicted octanol–water partition coefficient (Wildman–Crippen LogP) is 2.32. The van der Waals surface area contributed by atoms with Crippen LogP contribution in [0.5, 0.6) is 0 Å². The Balaban J connectivity index is 2.13. The Morgan fingerprint density at radius 1 is 1.25 bits per heavy atom. The number of pyridine rings is 1. The summed E-state index contributed by atoms with van der Waals surface area (Å²) in [4.78, 5) is 32.5. The molecule has 1 aromatic carbocycles. The SMILES string of the molecule is CCOC(=O)c1cc2c(=O)ncn(Cc3ccccc3)c2nc1C. The summed E-state index contributed by atoms with van der Waals surface area (Å²) in [5.41, 5.74) is 1.98. The highest BCUT2D eigenvalue weighted by atomic mass is 16.5. The molecule has 0 amide bonds. The van der Waals surface area contributed by atoms with Crippen LogP contribution in [-0.2, 0) is 11.3 Å². The molecule has 122 valence electrons. The van der Waals surface area contributed by atoms with Gasteiger partial charge in [0.15, 0.2) is 0 Å². The summed E-state index contributed by atoms with van der Waals surface area (Å²) in [5.74, 6) is -0.484. The van der Waals surface area contributed by atoms with Crippen LogP contribution in [-0.4, -0.2) is 27.1 Å². The Labute approximate surface area is 138 Å². The second-order valence-electron chi connectivity index (χ2n) is 5.38. The van der Waals surface area contributed by atoms with Crippen LogP contribution in [0.1, 0.15) is 28.5 Å². The van der Waals surface area contributed by atoms with Crippen LogP contribution < -0.4 is 5.56 Å². The van der Waals surface area contributed by atoms with Crippen LogP contribution in [0.15, 0.2) is 47.5 Å². The van der Waals surface area contributed by atoms with Gasteiger partial charge in [0.25, 0.3) is 5.56 Å². The molecular weight excluding hydrogens is 306 g/mol. The Bertz CT molecular complexity index is 949. The number of aryl methyl sites for hydroxylation is 1. The van der Waals surface area contributed by atoms with Crippen molar-refractivity contribution in [3.63, 3.8) is 0 Å². The molecular formula is C18H17N3O3. The topological polar surface area (TPSA) is 74.1 Å². The first-order chi connectivity index (χ1) is 11.6. The monoisotopic (exact) mass is 323 g/mol. The fourth-order valence-corrected chi connectivity index (χ4v) is 2.53. The van der Waals surface area contributed by atoms with Crippen LogP contribution in [0.4, 0.5) is 0 Å². The number of fused-ring (bicyclic) bond motifs is 1. The number of hydrogen-bond donors (Lipinski definition) is 0.